The fourth-order valence-electron chi connectivity index (χ4n) is 2.64. The van der Waals surface area contributed by atoms with Crippen molar-refractivity contribution in [2.75, 3.05) is 5.32 Å². The van der Waals surface area contributed by atoms with E-state index in [1.165, 1.54) is 0 Å². The van der Waals surface area contributed by atoms with Crippen LogP contribution < -0.4 is 5.32 Å². The summed E-state index contributed by atoms with van der Waals surface area (Å²) in [5.41, 5.74) is 4.51. The first-order valence-corrected chi connectivity index (χ1v) is 7.68. The molecular formula is C19H19N3O. The maximum absolute atomic E-state index is 12.7. The van der Waals surface area contributed by atoms with Gasteiger partial charge in [-0.15, -0.1) is 0 Å². The Balaban J connectivity index is 1.93. The van der Waals surface area contributed by atoms with E-state index in [2.05, 4.69) is 17.2 Å². The molecule has 0 atom stereocenters. The van der Waals surface area contributed by atoms with Gasteiger partial charge in [-0.05, 0) is 36.6 Å². The van der Waals surface area contributed by atoms with Crippen molar-refractivity contribution >= 4 is 11.6 Å². The van der Waals surface area contributed by atoms with E-state index in [1.54, 1.807) is 17.1 Å². The van der Waals surface area contributed by atoms with Gasteiger partial charge in [0.05, 0.1) is 12.5 Å². The molecule has 0 radical (unpaired) electrons. The minimum atomic E-state index is -0.157. The van der Waals surface area contributed by atoms with E-state index in [4.69, 9.17) is 0 Å². The van der Waals surface area contributed by atoms with Gasteiger partial charge in [0.1, 0.15) is 5.69 Å². The maximum Gasteiger partial charge on any atom is 0.274 e. The molecule has 1 amide bonds. The minimum Gasteiger partial charge on any atom is -0.320 e. The van der Waals surface area contributed by atoms with Gasteiger partial charge in [-0.2, -0.15) is 0 Å². The predicted octanol–water partition coefficient (Wildman–Crippen LogP) is 4.00. The third-order valence-corrected chi connectivity index (χ3v) is 3.88. The van der Waals surface area contributed by atoms with Crippen LogP contribution in [-0.4, -0.2) is 15.5 Å². The molecule has 0 bridgehead atoms. The molecule has 116 valence electrons. The van der Waals surface area contributed by atoms with E-state index >= 15 is 0 Å². The molecule has 0 fully saturated rings. The maximum atomic E-state index is 12.7. The molecule has 2 aromatic carbocycles. The third kappa shape index (κ3) is 3.01. The number of imidazole rings is 1. The van der Waals surface area contributed by atoms with Crippen LogP contribution >= 0.6 is 0 Å². The van der Waals surface area contributed by atoms with Gasteiger partial charge in [-0.1, -0.05) is 43.3 Å². The van der Waals surface area contributed by atoms with Gasteiger partial charge in [0.25, 0.3) is 5.91 Å². The Morgan fingerprint density at radius 2 is 1.91 bits per heavy atom. The zero-order valence-electron chi connectivity index (χ0n) is 13.3. The zero-order chi connectivity index (χ0) is 16.2. The normalized spacial score (nSPS) is 10.5. The lowest BCUT2D eigenvalue weighted by Gasteiger charge is -2.14. The number of aromatic nitrogens is 2. The first-order chi connectivity index (χ1) is 11.2. The van der Waals surface area contributed by atoms with Crippen LogP contribution in [0.5, 0.6) is 0 Å². The van der Waals surface area contributed by atoms with Crippen molar-refractivity contribution in [2.45, 2.75) is 20.3 Å². The molecule has 4 nitrogen and oxygen atoms in total. The van der Waals surface area contributed by atoms with Crippen LogP contribution in [0.3, 0.4) is 0 Å². The van der Waals surface area contributed by atoms with Crippen molar-refractivity contribution in [1.29, 1.82) is 0 Å². The summed E-state index contributed by atoms with van der Waals surface area (Å²) < 4.78 is 1.79. The van der Waals surface area contributed by atoms with Gasteiger partial charge in [-0.25, -0.2) is 4.98 Å². The van der Waals surface area contributed by atoms with E-state index in [0.717, 1.165) is 28.9 Å². The third-order valence-electron chi connectivity index (χ3n) is 3.88. The van der Waals surface area contributed by atoms with Crippen molar-refractivity contribution in [1.82, 2.24) is 9.55 Å². The number of carbonyl (C=O) groups is 1. The number of nitrogens with one attached hydrogen (secondary N) is 1. The summed E-state index contributed by atoms with van der Waals surface area (Å²) in [7, 11) is 0. The SMILES string of the molecule is CCc1cccc(C)c1NC(=O)c1cncn1-c1ccccc1. The summed E-state index contributed by atoms with van der Waals surface area (Å²) in [6, 6.07) is 15.8. The molecule has 3 rings (SSSR count). The molecule has 3 aromatic rings. The Hall–Kier alpha value is -2.88. The number of nitrogens with zero attached hydrogens (tertiary/aromatic N) is 2. The van der Waals surface area contributed by atoms with Crippen LogP contribution in [0.15, 0.2) is 61.1 Å². The number of hydrogen-bond acceptors (Lipinski definition) is 2. The number of carbonyl (C=O) groups excluding carboxylic acids is 1. The van der Waals surface area contributed by atoms with Crippen LogP contribution in [-0.2, 0) is 6.42 Å². The lowest BCUT2D eigenvalue weighted by molar-refractivity contribution is 0.102. The highest BCUT2D eigenvalue weighted by Gasteiger charge is 2.15. The van der Waals surface area contributed by atoms with E-state index in [1.807, 2.05) is 55.5 Å². The Bertz CT molecular complexity index is 822. The fraction of sp³-hybridized carbons (Fsp3) is 0.158. The number of hydrogen-bond donors (Lipinski definition) is 1. The second kappa shape index (κ2) is 6.48. The summed E-state index contributed by atoms with van der Waals surface area (Å²) in [4.78, 5) is 16.8. The second-order valence-electron chi connectivity index (χ2n) is 5.40. The van der Waals surface area contributed by atoms with E-state index < -0.39 is 0 Å². The molecule has 1 heterocycles. The topological polar surface area (TPSA) is 46.9 Å². The summed E-state index contributed by atoms with van der Waals surface area (Å²) in [5.74, 6) is -0.157. The summed E-state index contributed by atoms with van der Waals surface area (Å²) >= 11 is 0. The van der Waals surface area contributed by atoms with Crippen LogP contribution in [0.2, 0.25) is 0 Å². The average Bonchev–Trinajstić information content (AvgIpc) is 3.07. The number of benzene rings is 2. The molecule has 0 saturated carbocycles. The van der Waals surface area contributed by atoms with Crippen molar-refractivity contribution in [3.05, 3.63) is 77.9 Å². The highest BCUT2D eigenvalue weighted by atomic mass is 16.2. The van der Waals surface area contributed by atoms with Crippen molar-refractivity contribution in [2.24, 2.45) is 0 Å². The molecule has 0 saturated heterocycles. The van der Waals surface area contributed by atoms with Crippen LogP contribution in [0.4, 0.5) is 5.69 Å². The standard InChI is InChI=1S/C19H19N3O/c1-3-15-9-7-8-14(2)18(15)21-19(23)17-12-20-13-22(17)16-10-5-4-6-11-16/h4-13H,3H2,1-2H3,(H,21,23). The predicted molar refractivity (Wildman–Crippen MR) is 92.1 cm³/mol. The molecule has 0 aliphatic carbocycles. The summed E-state index contributed by atoms with van der Waals surface area (Å²) in [6.07, 6.45) is 4.12. The molecule has 23 heavy (non-hydrogen) atoms. The fourth-order valence-corrected chi connectivity index (χ4v) is 2.64. The second-order valence-corrected chi connectivity index (χ2v) is 5.40. The molecule has 0 aliphatic rings. The highest BCUT2D eigenvalue weighted by Crippen LogP contribution is 2.22. The largest absolute Gasteiger partial charge is 0.320 e. The Morgan fingerprint density at radius 3 is 2.65 bits per heavy atom. The first-order valence-electron chi connectivity index (χ1n) is 7.68. The van der Waals surface area contributed by atoms with Crippen LogP contribution in [0, 0.1) is 6.92 Å². The van der Waals surface area contributed by atoms with Crippen LogP contribution in [0.1, 0.15) is 28.5 Å². The van der Waals surface area contributed by atoms with Gasteiger partial charge >= 0.3 is 0 Å². The summed E-state index contributed by atoms with van der Waals surface area (Å²) in [6.45, 7) is 4.09. The average molecular weight is 305 g/mol. The minimum absolute atomic E-state index is 0.157. The molecule has 0 spiro atoms. The molecule has 1 aromatic heterocycles. The molecule has 4 heteroatoms. The molecular weight excluding hydrogens is 286 g/mol. The summed E-state index contributed by atoms with van der Waals surface area (Å²) in [5, 5.41) is 3.04. The van der Waals surface area contributed by atoms with Gasteiger partial charge in [0, 0.05) is 11.4 Å². The number of amides is 1. The van der Waals surface area contributed by atoms with Crippen molar-refractivity contribution in [3.8, 4) is 5.69 Å². The van der Waals surface area contributed by atoms with Gasteiger partial charge in [-0.3, -0.25) is 9.36 Å². The number of para-hydroxylation sites is 2. The quantitative estimate of drug-likeness (QED) is 0.792. The smallest absolute Gasteiger partial charge is 0.274 e. The Labute approximate surface area is 135 Å². The van der Waals surface area contributed by atoms with Crippen molar-refractivity contribution < 1.29 is 4.79 Å². The molecule has 0 aliphatic heterocycles. The van der Waals surface area contributed by atoms with E-state index in [0.29, 0.717) is 5.69 Å². The van der Waals surface area contributed by atoms with E-state index in [-0.39, 0.29) is 5.91 Å². The van der Waals surface area contributed by atoms with Crippen molar-refractivity contribution in [3.63, 3.8) is 0 Å². The highest BCUT2D eigenvalue weighted by molar-refractivity contribution is 6.04. The molecule has 0 unspecified atom stereocenters. The van der Waals surface area contributed by atoms with Gasteiger partial charge < -0.3 is 5.32 Å². The number of anilines is 1. The van der Waals surface area contributed by atoms with E-state index in [9.17, 15) is 4.79 Å². The van der Waals surface area contributed by atoms with Crippen LogP contribution in [0.25, 0.3) is 5.69 Å². The number of rotatable bonds is 4. The lowest BCUT2D eigenvalue weighted by Crippen LogP contribution is -2.17. The Morgan fingerprint density at radius 1 is 1.13 bits per heavy atom. The lowest BCUT2D eigenvalue weighted by atomic mass is 10.1. The Kier molecular flexibility index (Phi) is 4.24. The van der Waals surface area contributed by atoms with Gasteiger partial charge in [0.2, 0.25) is 0 Å². The van der Waals surface area contributed by atoms with Gasteiger partial charge in [0.15, 0.2) is 0 Å². The zero-order valence-corrected chi connectivity index (χ0v) is 13.3. The molecule has 1 N–H and O–H groups in total. The number of aryl methyl sites for hydroxylation is 2. The first kappa shape index (κ1) is 15.0. The monoisotopic (exact) mass is 305 g/mol.